The Hall–Kier alpha value is -1.16. The molecule has 3 rings (SSSR count). The first-order valence-electron chi connectivity index (χ1n) is 7.09. The van der Waals surface area contributed by atoms with Crippen LogP contribution in [-0.4, -0.2) is 11.8 Å². The topological polar surface area (TPSA) is 46.2 Å². The van der Waals surface area contributed by atoms with Gasteiger partial charge in [0.1, 0.15) is 0 Å². The summed E-state index contributed by atoms with van der Waals surface area (Å²) in [5, 5.41) is 2.52. The van der Waals surface area contributed by atoms with E-state index in [0.717, 1.165) is 29.3 Å². The molecule has 0 bridgehead atoms. The molecular formula is C16H18BrNO2. The average molecular weight is 336 g/mol. The largest absolute Gasteiger partial charge is 0.296 e. The van der Waals surface area contributed by atoms with Gasteiger partial charge in [0.2, 0.25) is 11.8 Å². The van der Waals surface area contributed by atoms with E-state index in [9.17, 15) is 9.59 Å². The zero-order valence-electron chi connectivity index (χ0n) is 11.5. The number of halogens is 1. The third-order valence-corrected chi connectivity index (χ3v) is 5.22. The van der Waals surface area contributed by atoms with E-state index in [2.05, 4.69) is 28.2 Å². The normalized spacial score (nSPS) is 33.5. The number of imide groups is 1. The molecule has 2 amide bonds. The Morgan fingerprint density at radius 3 is 2.80 bits per heavy atom. The van der Waals surface area contributed by atoms with Crippen molar-refractivity contribution in [1.82, 2.24) is 5.32 Å². The van der Waals surface area contributed by atoms with Crippen molar-refractivity contribution in [2.45, 2.75) is 38.5 Å². The molecule has 3 unspecified atom stereocenters. The van der Waals surface area contributed by atoms with Crippen LogP contribution in [0.1, 0.15) is 44.1 Å². The van der Waals surface area contributed by atoms with Crippen LogP contribution in [0, 0.1) is 11.3 Å². The zero-order chi connectivity index (χ0) is 14.3. The van der Waals surface area contributed by atoms with Crippen LogP contribution in [0.4, 0.5) is 0 Å². The minimum absolute atomic E-state index is 0.115. The number of nitrogens with one attached hydrogen (secondary N) is 1. The molecule has 1 spiro atoms. The van der Waals surface area contributed by atoms with E-state index < -0.39 is 0 Å². The minimum atomic E-state index is -0.206. The average Bonchev–Trinajstić information content (AvgIpc) is 2.69. The first-order chi connectivity index (χ1) is 9.50. The molecule has 3 nitrogen and oxygen atoms in total. The molecule has 1 aliphatic heterocycles. The Morgan fingerprint density at radius 2 is 2.15 bits per heavy atom. The number of amides is 2. The van der Waals surface area contributed by atoms with Gasteiger partial charge in [0, 0.05) is 10.9 Å². The third-order valence-electron chi connectivity index (χ3n) is 4.72. The number of hydrogen-bond donors (Lipinski definition) is 1. The molecule has 0 radical (unpaired) electrons. The highest BCUT2D eigenvalue weighted by Gasteiger charge is 2.51. The molecule has 3 atom stereocenters. The molecule has 1 saturated heterocycles. The molecule has 1 aromatic rings. The van der Waals surface area contributed by atoms with Gasteiger partial charge in [0.25, 0.3) is 0 Å². The first-order valence-corrected chi connectivity index (χ1v) is 7.89. The zero-order valence-corrected chi connectivity index (χ0v) is 13.1. The lowest BCUT2D eigenvalue weighted by atomic mass is 9.66. The fourth-order valence-corrected chi connectivity index (χ4v) is 4.42. The second-order valence-corrected chi connectivity index (χ2v) is 7.20. The molecule has 1 aromatic carbocycles. The van der Waals surface area contributed by atoms with E-state index in [1.54, 1.807) is 0 Å². The van der Waals surface area contributed by atoms with E-state index in [-0.39, 0.29) is 23.1 Å². The maximum Gasteiger partial charge on any atom is 0.234 e. The van der Waals surface area contributed by atoms with Gasteiger partial charge in [-0.1, -0.05) is 41.4 Å². The van der Waals surface area contributed by atoms with Crippen molar-refractivity contribution in [3.8, 4) is 0 Å². The summed E-state index contributed by atoms with van der Waals surface area (Å²) in [6.45, 7) is 2.21. The van der Waals surface area contributed by atoms with Crippen LogP contribution in [0.25, 0.3) is 0 Å². The van der Waals surface area contributed by atoms with Crippen molar-refractivity contribution in [3.05, 3.63) is 34.3 Å². The number of carbonyl (C=O) groups is 2. The molecule has 1 heterocycles. The number of carbonyl (C=O) groups excluding carboxylic acids is 2. The van der Waals surface area contributed by atoms with Gasteiger partial charge in [-0.3, -0.25) is 14.9 Å². The minimum Gasteiger partial charge on any atom is -0.296 e. The van der Waals surface area contributed by atoms with Crippen molar-refractivity contribution >= 4 is 27.7 Å². The molecule has 4 heteroatoms. The van der Waals surface area contributed by atoms with Crippen molar-refractivity contribution in [3.63, 3.8) is 0 Å². The van der Waals surface area contributed by atoms with Gasteiger partial charge >= 0.3 is 0 Å². The van der Waals surface area contributed by atoms with Crippen LogP contribution >= 0.6 is 15.9 Å². The molecule has 1 aliphatic carbocycles. The lowest BCUT2D eigenvalue weighted by Crippen LogP contribution is -2.49. The molecule has 106 valence electrons. The highest BCUT2D eigenvalue weighted by atomic mass is 79.9. The summed E-state index contributed by atoms with van der Waals surface area (Å²) >= 11 is 3.47. The fraction of sp³-hybridized carbons (Fsp3) is 0.500. The van der Waals surface area contributed by atoms with Gasteiger partial charge in [-0.15, -0.1) is 0 Å². The van der Waals surface area contributed by atoms with Crippen LogP contribution < -0.4 is 5.32 Å². The van der Waals surface area contributed by atoms with Gasteiger partial charge in [-0.05, 0) is 41.9 Å². The van der Waals surface area contributed by atoms with Gasteiger partial charge in [0.05, 0.1) is 5.92 Å². The maximum absolute atomic E-state index is 12.4. The summed E-state index contributed by atoms with van der Waals surface area (Å²) in [5.74, 6) is 0.134. The highest BCUT2D eigenvalue weighted by molar-refractivity contribution is 9.10. The monoisotopic (exact) mass is 335 g/mol. The molecule has 2 fully saturated rings. The maximum atomic E-state index is 12.4. The van der Waals surface area contributed by atoms with Crippen molar-refractivity contribution in [1.29, 1.82) is 0 Å². The quantitative estimate of drug-likeness (QED) is 0.799. The lowest BCUT2D eigenvalue weighted by molar-refractivity contribution is -0.140. The van der Waals surface area contributed by atoms with Gasteiger partial charge < -0.3 is 0 Å². The molecule has 2 aliphatic rings. The Morgan fingerprint density at radius 1 is 1.35 bits per heavy atom. The third kappa shape index (κ3) is 2.30. The predicted octanol–water partition coefficient (Wildman–Crippen LogP) is 3.39. The molecular weight excluding hydrogens is 318 g/mol. The van der Waals surface area contributed by atoms with Crippen LogP contribution in [0.15, 0.2) is 28.7 Å². The predicted molar refractivity (Wildman–Crippen MR) is 80.1 cm³/mol. The number of piperidine rings is 1. The van der Waals surface area contributed by atoms with Crippen molar-refractivity contribution < 1.29 is 9.59 Å². The Bertz CT molecular complexity index is 571. The van der Waals surface area contributed by atoms with Gasteiger partial charge in [0.15, 0.2) is 0 Å². The number of rotatable bonds is 1. The lowest BCUT2D eigenvalue weighted by Gasteiger charge is -2.40. The molecule has 1 saturated carbocycles. The van der Waals surface area contributed by atoms with Crippen LogP contribution in [-0.2, 0) is 9.59 Å². The Labute approximate surface area is 127 Å². The van der Waals surface area contributed by atoms with E-state index in [1.807, 2.05) is 24.3 Å². The molecule has 1 N–H and O–H groups in total. The summed E-state index contributed by atoms with van der Waals surface area (Å²) in [6.07, 6.45) is 3.50. The summed E-state index contributed by atoms with van der Waals surface area (Å²) in [6, 6.07) is 7.91. The van der Waals surface area contributed by atoms with Gasteiger partial charge in [-0.25, -0.2) is 0 Å². The summed E-state index contributed by atoms with van der Waals surface area (Å²) < 4.78 is 0.973. The second-order valence-electron chi connectivity index (χ2n) is 6.29. The summed E-state index contributed by atoms with van der Waals surface area (Å²) in [5.41, 5.74) is 0.832. The van der Waals surface area contributed by atoms with E-state index in [0.29, 0.717) is 12.3 Å². The number of benzene rings is 1. The first kappa shape index (κ1) is 13.8. The van der Waals surface area contributed by atoms with Crippen molar-refractivity contribution in [2.24, 2.45) is 11.3 Å². The van der Waals surface area contributed by atoms with Crippen LogP contribution in [0.3, 0.4) is 0 Å². The van der Waals surface area contributed by atoms with Crippen LogP contribution in [0.5, 0.6) is 0 Å². The summed E-state index contributed by atoms with van der Waals surface area (Å²) in [7, 11) is 0. The van der Waals surface area contributed by atoms with Crippen molar-refractivity contribution in [2.75, 3.05) is 0 Å². The van der Waals surface area contributed by atoms with E-state index in [1.165, 1.54) is 0 Å². The molecule has 0 aromatic heterocycles. The second kappa shape index (κ2) is 4.99. The van der Waals surface area contributed by atoms with Crippen LogP contribution in [0.2, 0.25) is 0 Å². The van der Waals surface area contributed by atoms with E-state index in [4.69, 9.17) is 0 Å². The summed E-state index contributed by atoms with van der Waals surface area (Å²) in [4.78, 5) is 24.3. The fourth-order valence-electron chi connectivity index (χ4n) is 4.00. The highest BCUT2D eigenvalue weighted by Crippen LogP contribution is 2.54. The number of hydrogen-bond acceptors (Lipinski definition) is 2. The Kier molecular flexibility index (Phi) is 3.44. The van der Waals surface area contributed by atoms with Gasteiger partial charge in [-0.2, -0.15) is 0 Å². The standard InChI is InChI=1S/C16H18BrNO2/c1-10-5-6-16(8-10)9-13(19)18-15(20)14(16)11-3-2-4-12(17)7-11/h2-4,7,10,14H,5-6,8-9H2,1H3,(H,18,19,20). The van der Waals surface area contributed by atoms with E-state index >= 15 is 0 Å². The molecule has 20 heavy (non-hydrogen) atoms. The smallest absolute Gasteiger partial charge is 0.234 e. The Balaban J connectivity index is 2.04. The SMILES string of the molecule is CC1CCC2(CC(=O)NC(=O)C2c2cccc(Br)c2)C1.